The van der Waals surface area contributed by atoms with Crippen molar-refractivity contribution in [3.63, 3.8) is 0 Å². The number of benzene rings is 2. The highest BCUT2D eigenvalue weighted by atomic mass is 16.6. The van der Waals surface area contributed by atoms with Crippen molar-refractivity contribution in [1.29, 1.82) is 0 Å². The number of aliphatic hydroxyl groups is 1. The number of cyclic esters (lactones) is 1. The van der Waals surface area contributed by atoms with Gasteiger partial charge in [0.25, 0.3) is 5.91 Å². The summed E-state index contributed by atoms with van der Waals surface area (Å²) in [6, 6.07) is 12.0. The lowest BCUT2D eigenvalue weighted by Crippen LogP contribution is -2.61. The molecule has 21 heteroatoms. The zero-order valence-corrected chi connectivity index (χ0v) is 57.8. The number of likely N-dealkylation sites (N-methyl/N-ethyl adjacent to an activating group) is 5. The number of carbonyl (C=O) groups excluding carboxylic acids is 9. The first kappa shape index (κ1) is 73.8. The molecule has 7 amide bonds. The number of piperazine rings is 1. The van der Waals surface area contributed by atoms with Crippen LogP contribution in [-0.2, 0) is 60.7 Å². The molecule has 11 atom stereocenters. The van der Waals surface area contributed by atoms with Gasteiger partial charge in [-0.25, -0.2) is 9.78 Å². The number of amides is 7. The number of pyridine rings is 1. The van der Waals surface area contributed by atoms with Crippen LogP contribution >= 0.6 is 0 Å². The van der Waals surface area contributed by atoms with Crippen LogP contribution in [0.2, 0.25) is 0 Å². The Morgan fingerprint density at radius 3 is 1.83 bits per heavy atom. The number of esters is 1. The number of nitrogens with one attached hydrogen (secondary N) is 2. The summed E-state index contributed by atoms with van der Waals surface area (Å²) in [6.07, 6.45) is 1.52. The van der Waals surface area contributed by atoms with Crippen LogP contribution in [0.3, 0.4) is 0 Å². The van der Waals surface area contributed by atoms with Gasteiger partial charge in [-0.15, -0.1) is 0 Å². The second-order valence-electron chi connectivity index (χ2n) is 27.9. The molecule has 0 aliphatic carbocycles. The van der Waals surface area contributed by atoms with Crippen LogP contribution in [-0.4, -0.2) is 215 Å². The molecule has 6 rings (SSSR count). The van der Waals surface area contributed by atoms with Gasteiger partial charge in [0.15, 0.2) is 17.9 Å². The topological polar surface area (TPSA) is 243 Å². The number of hydrogen-bond donors (Lipinski definition) is 3. The summed E-state index contributed by atoms with van der Waals surface area (Å²) in [5.41, 5.74) is 1.18. The third-order valence-electron chi connectivity index (χ3n) is 19.1. The van der Waals surface area contributed by atoms with Crippen LogP contribution in [0.25, 0.3) is 11.1 Å². The molecular weight excluding hydrogens is 1170 g/mol. The van der Waals surface area contributed by atoms with Crippen LogP contribution in [0.4, 0.5) is 5.82 Å². The predicted molar refractivity (Wildman–Crippen MR) is 355 cm³/mol. The molecule has 2 aromatic carbocycles. The van der Waals surface area contributed by atoms with E-state index in [2.05, 4.69) is 27.5 Å². The van der Waals surface area contributed by atoms with Crippen molar-refractivity contribution < 1.29 is 53.0 Å². The molecule has 92 heavy (non-hydrogen) atoms. The standard InChI is InChI=1S/C71H106N10O11/c1-18-46(9)58-68(88)77(15)59(44(5)6)56(82)41-52(37-43(3)4)65(85)79(17)62(71(11,12)91)70(90)92-61(47(10)19-2)69(89)78(16)60(45(7)8)64(84)73-53(39-48-25-21-20-22-26-48)66(86)76(14)55(67(87)81-32-24-29-54(81)63(83)74-58)40-49-27-23-28-50(38-49)51-30-31-72-57(42-51)80-35-33-75(13)34-36-80/h20-23,25-28,30-31,38,42-47,52-55,58-62,91H,18-19,24,29,32-37,39-41H2,1-17H3,(H,73,84)(H,74,83)/t46-,47-,52+,53-,54-,55-,58-,59-,60-,61+,62+/m0/s1. The van der Waals surface area contributed by atoms with Crippen molar-refractivity contribution in [3.8, 4) is 11.1 Å². The van der Waals surface area contributed by atoms with Crippen molar-refractivity contribution in [3.05, 3.63) is 84.1 Å². The molecule has 21 nitrogen and oxygen atoms in total. The van der Waals surface area contributed by atoms with E-state index < -0.39 is 137 Å². The summed E-state index contributed by atoms with van der Waals surface area (Å²) >= 11 is 0. The van der Waals surface area contributed by atoms with E-state index in [4.69, 9.17) is 9.72 Å². The van der Waals surface area contributed by atoms with Crippen molar-refractivity contribution in [2.45, 2.75) is 188 Å². The first-order chi connectivity index (χ1) is 43.3. The van der Waals surface area contributed by atoms with Gasteiger partial charge in [-0.3, -0.25) is 38.4 Å². The minimum absolute atomic E-state index is 0.0130. The van der Waals surface area contributed by atoms with Gasteiger partial charge in [0.1, 0.15) is 36.0 Å². The molecule has 506 valence electrons. The summed E-state index contributed by atoms with van der Waals surface area (Å²) < 4.78 is 6.17. The lowest BCUT2D eigenvalue weighted by Gasteiger charge is -2.39. The molecule has 3 aliphatic rings. The van der Waals surface area contributed by atoms with Crippen molar-refractivity contribution in [2.75, 3.05) is 72.9 Å². The zero-order valence-electron chi connectivity index (χ0n) is 57.8. The normalized spacial score (nSPS) is 25.8. The van der Waals surface area contributed by atoms with Gasteiger partial charge in [0.05, 0.1) is 11.6 Å². The second kappa shape index (κ2) is 32.5. The monoisotopic (exact) mass is 1270 g/mol. The zero-order chi connectivity index (χ0) is 68.2. The first-order valence-corrected chi connectivity index (χ1v) is 33.3. The highest BCUT2D eigenvalue weighted by Gasteiger charge is 2.48. The highest BCUT2D eigenvalue weighted by molar-refractivity contribution is 5.99. The molecule has 0 spiro atoms. The smallest absolute Gasteiger partial charge is 0.332 e. The molecule has 0 radical (unpaired) electrons. The van der Waals surface area contributed by atoms with E-state index in [9.17, 15) is 19.5 Å². The number of hydrogen-bond acceptors (Lipinski definition) is 14. The van der Waals surface area contributed by atoms with Gasteiger partial charge in [-0.05, 0) is 105 Å². The number of rotatable bonds is 15. The summed E-state index contributed by atoms with van der Waals surface area (Å²) in [5, 5.41) is 17.9. The van der Waals surface area contributed by atoms with Crippen molar-refractivity contribution in [1.82, 2.24) is 45.0 Å². The number of Topliss-reactive ketones (excluding diaryl/α,β-unsaturated/α-hetero) is 1. The summed E-state index contributed by atoms with van der Waals surface area (Å²) in [4.78, 5) is 153. The van der Waals surface area contributed by atoms with E-state index in [-0.39, 0.29) is 44.6 Å². The number of ketones is 1. The van der Waals surface area contributed by atoms with Gasteiger partial charge in [-0.1, -0.05) is 130 Å². The SMILES string of the molecule is CC[C@H](C)[C@@H]1NC(=O)[C@@H]2CCCN2C(=O)[C@H](Cc2cccc(-c3ccnc(N4CCN(C)CC4)c3)c2)N(C)C(=O)[C@H](Cc2ccccc2)NC(=O)[C@H](C(C)C)N(C)C(=O)[C@@H]([C@@H](C)CC)OC(=O)[C@H](C(C)(C)O)N(C)C(=O)[C@H](CC(C)C)CC(=O)[C@H](C(C)C)N(C)C1=O. The quantitative estimate of drug-likeness (QED) is 0.142. The fraction of sp³-hybridized carbons (Fsp3) is 0.634. The van der Waals surface area contributed by atoms with E-state index in [1.165, 1.54) is 61.6 Å². The number of anilines is 1. The van der Waals surface area contributed by atoms with Crippen LogP contribution < -0.4 is 15.5 Å². The minimum atomic E-state index is -1.96. The Kier molecular flexibility index (Phi) is 26.1. The van der Waals surface area contributed by atoms with E-state index in [0.717, 1.165) is 48.0 Å². The molecule has 3 aromatic rings. The Labute approximate surface area is 546 Å². The van der Waals surface area contributed by atoms with E-state index >= 15 is 28.8 Å². The van der Waals surface area contributed by atoms with E-state index in [1.54, 1.807) is 40.8 Å². The molecule has 0 bridgehead atoms. The first-order valence-electron chi connectivity index (χ1n) is 33.3. The molecule has 0 unspecified atom stereocenters. The van der Waals surface area contributed by atoms with Gasteiger partial charge in [0.2, 0.25) is 35.4 Å². The molecule has 3 aliphatic heterocycles. The van der Waals surface area contributed by atoms with Crippen molar-refractivity contribution in [2.24, 2.45) is 35.5 Å². The highest BCUT2D eigenvalue weighted by Crippen LogP contribution is 2.31. The molecule has 1 aromatic heterocycles. The molecule has 0 saturated carbocycles. The number of fused-ring (bicyclic) bond motifs is 1. The Morgan fingerprint density at radius 2 is 1.23 bits per heavy atom. The summed E-state index contributed by atoms with van der Waals surface area (Å²) in [5.74, 6) is -8.40. The van der Waals surface area contributed by atoms with Crippen LogP contribution in [0.1, 0.15) is 133 Å². The third kappa shape index (κ3) is 18.1. The summed E-state index contributed by atoms with van der Waals surface area (Å²) in [7, 11) is 7.90. The van der Waals surface area contributed by atoms with Crippen LogP contribution in [0, 0.1) is 35.5 Å². The average Bonchev–Trinajstić information content (AvgIpc) is 1.17. The number of aromatic nitrogens is 1. The maximum Gasteiger partial charge on any atom is 0.332 e. The van der Waals surface area contributed by atoms with Crippen molar-refractivity contribution >= 4 is 58.9 Å². The lowest BCUT2D eigenvalue weighted by atomic mass is 9.85. The Hall–Kier alpha value is -7.26. The lowest BCUT2D eigenvalue weighted by molar-refractivity contribution is -0.178. The number of ether oxygens (including phenoxy) is 1. The average molecular weight is 1280 g/mol. The third-order valence-corrected chi connectivity index (χ3v) is 19.1. The van der Waals surface area contributed by atoms with Gasteiger partial charge < -0.3 is 54.8 Å². The minimum Gasteiger partial charge on any atom is -0.450 e. The van der Waals surface area contributed by atoms with Crippen LogP contribution in [0.15, 0.2) is 72.9 Å². The fourth-order valence-corrected chi connectivity index (χ4v) is 13.4. The molecule has 3 N–H and O–H groups in total. The second-order valence-corrected chi connectivity index (χ2v) is 27.9. The fourth-order valence-electron chi connectivity index (χ4n) is 13.4. The van der Waals surface area contributed by atoms with Gasteiger partial charge in [0, 0.05) is 98.2 Å². The Bertz CT molecular complexity index is 3050. The molecular formula is C71H106N10O11. The maximum absolute atomic E-state index is 15.9. The van der Waals surface area contributed by atoms with E-state index in [1.807, 2.05) is 101 Å². The summed E-state index contributed by atoms with van der Waals surface area (Å²) in [6.45, 7) is 24.4. The number of nitrogens with zero attached hydrogens (tertiary/aromatic N) is 8. The van der Waals surface area contributed by atoms with E-state index in [0.29, 0.717) is 30.4 Å². The van der Waals surface area contributed by atoms with Crippen LogP contribution in [0.5, 0.6) is 0 Å². The molecule has 4 heterocycles. The predicted octanol–water partition coefficient (Wildman–Crippen LogP) is 6.28. The maximum atomic E-state index is 15.9. The molecule has 3 fully saturated rings. The number of carbonyl (C=O) groups is 9. The Morgan fingerprint density at radius 1 is 0.620 bits per heavy atom. The van der Waals surface area contributed by atoms with Gasteiger partial charge >= 0.3 is 5.97 Å². The molecule has 3 saturated heterocycles. The van der Waals surface area contributed by atoms with Gasteiger partial charge in [-0.2, -0.15) is 0 Å². The largest absolute Gasteiger partial charge is 0.450 e. The Balaban J connectivity index is 1.52.